The van der Waals surface area contributed by atoms with Gasteiger partial charge in [-0.1, -0.05) is 70.7 Å². The number of halogens is 4. The summed E-state index contributed by atoms with van der Waals surface area (Å²) in [5.41, 5.74) is 3.11. The predicted molar refractivity (Wildman–Crippen MR) is 108 cm³/mol. The van der Waals surface area contributed by atoms with Crippen LogP contribution in [0.2, 0.25) is 10.3 Å². The van der Waals surface area contributed by atoms with Crippen LogP contribution in [0, 0.1) is 0 Å². The summed E-state index contributed by atoms with van der Waals surface area (Å²) in [6, 6.07) is 14.6. The number of hydrogen-bond acceptors (Lipinski definition) is 4. The van der Waals surface area contributed by atoms with Gasteiger partial charge in [0.15, 0.2) is 10.3 Å². The molecule has 0 aliphatic rings. The Morgan fingerprint density at radius 1 is 0.538 bits per heavy atom. The Labute approximate surface area is 168 Å². The summed E-state index contributed by atoms with van der Waals surface area (Å²) in [7, 11) is 0. The molecule has 0 aliphatic heterocycles. The van der Waals surface area contributed by atoms with Gasteiger partial charge >= 0.3 is 0 Å². The quantitative estimate of drug-likeness (QED) is 0.387. The maximum atomic E-state index is 6.45. The van der Waals surface area contributed by atoms with E-state index in [0.717, 1.165) is 0 Å². The van der Waals surface area contributed by atoms with Crippen LogP contribution in [0.1, 0.15) is 11.4 Å². The minimum absolute atomic E-state index is 0.0985. The smallest absolute Gasteiger partial charge is 0.157 e. The van der Waals surface area contributed by atoms with Crippen molar-refractivity contribution in [2.45, 2.75) is 0 Å². The third kappa shape index (κ3) is 3.10. The fourth-order valence-electron chi connectivity index (χ4n) is 2.44. The molecule has 0 atom stereocenters. The number of fused-ring (bicyclic) bond motifs is 2. The molecule has 0 N–H and O–H groups in total. The van der Waals surface area contributed by atoms with Crippen molar-refractivity contribution in [3.05, 3.63) is 70.2 Å². The van der Waals surface area contributed by atoms with Crippen LogP contribution in [-0.4, -0.2) is 19.9 Å². The van der Waals surface area contributed by atoms with E-state index in [4.69, 9.17) is 46.4 Å². The van der Waals surface area contributed by atoms with E-state index in [9.17, 15) is 0 Å². The molecule has 4 aromatic rings. The lowest BCUT2D eigenvalue weighted by molar-refractivity contribution is 1.25. The van der Waals surface area contributed by atoms with E-state index in [1.165, 1.54) is 0 Å². The highest BCUT2D eigenvalue weighted by molar-refractivity contribution is 6.66. The van der Waals surface area contributed by atoms with Gasteiger partial charge in [-0.25, -0.2) is 19.9 Å². The molecular formula is C18H8Cl4N4. The summed E-state index contributed by atoms with van der Waals surface area (Å²) >= 11 is 25.4. The molecule has 0 radical (unpaired) electrons. The van der Waals surface area contributed by atoms with Gasteiger partial charge in [-0.3, -0.25) is 0 Å². The van der Waals surface area contributed by atoms with Crippen LogP contribution >= 0.6 is 46.4 Å². The first-order valence-corrected chi connectivity index (χ1v) is 8.96. The van der Waals surface area contributed by atoms with Crippen molar-refractivity contribution in [2.75, 3.05) is 0 Å². The van der Waals surface area contributed by atoms with E-state index in [2.05, 4.69) is 19.9 Å². The van der Waals surface area contributed by atoms with E-state index < -0.39 is 0 Å². The van der Waals surface area contributed by atoms with Gasteiger partial charge in [-0.15, -0.1) is 0 Å². The van der Waals surface area contributed by atoms with Gasteiger partial charge in [0, 0.05) is 0 Å². The van der Waals surface area contributed by atoms with Crippen LogP contribution in [0.4, 0.5) is 0 Å². The average molecular weight is 422 g/mol. The van der Waals surface area contributed by atoms with Crippen LogP contribution in [0.25, 0.3) is 32.1 Å². The van der Waals surface area contributed by atoms with Crippen LogP contribution in [0.3, 0.4) is 0 Å². The van der Waals surface area contributed by atoms with Crippen molar-refractivity contribution >= 4 is 78.5 Å². The molecule has 0 fully saturated rings. The molecule has 128 valence electrons. The van der Waals surface area contributed by atoms with E-state index in [-0.39, 0.29) is 31.8 Å². The summed E-state index contributed by atoms with van der Waals surface area (Å²) in [6.45, 7) is 0. The standard InChI is InChI=1S/C18H8Cl4N4/c19-13(15-17(21)25-11-7-3-1-5-9(11)23-15)14(20)16-18(22)26-12-8-4-2-6-10(12)24-16/h1-8H. The number of nitrogens with zero attached hydrogens (tertiary/aromatic N) is 4. The molecule has 8 heteroatoms. The highest BCUT2D eigenvalue weighted by Gasteiger charge is 2.19. The van der Waals surface area contributed by atoms with Crippen LogP contribution in [0.15, 0.2) is 48.5 Å². The lowest BCUT2D eigenvalue weighted by Gasteiger charge is -2.08. The minimum Gasteiger partial charge on any atom is -0.242 e. The molecule has 2 aromatic heterocycles. The van der Waals surface area contributed by atoms with Gasteiger partial charge in [-0.2, -0.15) is 0 Å². The summed E-state index contributed by atoms with van der Waals surface area (Å²) in [5, 5.41) is 0.469. The molecular weight excluding hydrogens is 414 g/mol. The Balaban J connectivity index is 1.91. The maximum absolute atomic E-state index is 6.45. The minimum atomic E-state index is 0.0985. The molecule has 4 nitrogen and oxygen atoms in total. The third-order valence-corrected chi connectivity index (χ3v) is 5.02. The third-order valence-electron chi connectivity index (χ3n) is 3.66. The monoisotopic (exact) mass is 420 g/mol. The maximum Gasteiger partial charge on any atom is 0.157 e. The SMILES string of the molecule is ClC(=C(Cl)c1nc2ccccc2nc1Cl)c1nc2ccccc2nc1Cl. The molecule has 0 aliphatic carbocycles. The Morgan fingerprint density at radius 2 is 0.846 bits per heavy atom. The molecule has 0 bridgehead atoms. The Kier molecular flexibility index (Phi) is 4.67. The topological polar surface area (TPSA) is 51.6 Å². The molecule has 0 spiro atoms. The summed E-state index contributed by atoms with van der Waals surface area (Å²) < 4.78 is 0. The van der Waals surface area contributed by atoms with Crippen molar-refractivity contribution < 1.29 is 0 Å². The van der Waals surface area contributed by atoms with Crippen molar-refractivity contribution in [1.29, 1.82) is 0 Å². The average Bonchev–Trinajstić information content (AvgIpc) is 2.65. The van der Waals surface area contributed by atoms with Crippen LogP contribution < -0.4 is 0 Å². The highest BCUT2D eigenvalue weighted by atomic mass is 35.5. The van der Waals surface area contributed by atoms with E-state index in [0.29, 0.717) is 22.1 Å². The van der Waals surface area contributed by atoms with Crippen molar-refractivity contribution in [3.63, 3.8) is 0 Å². The van der Waals surface area contributed by atoms with Crippen molar-refractivity contribution in [3.8, 4) is 0 Å². The fourth-order valence-corrected chi connectivity index (χ4v) is 3.44. The molecule has 4 rings (SSSR count). The van der Waals surface area contributed by atoms with E-state index in [1.807, 2.05) is 48.5 Å². The molecule has 0 unspecified atom stereocenters. The van der Waals surface area contributed by atoms with Gasteiger partial charge < -0.3 is 0 Å². The van der Waals surface area contributed by atoms with Crippen molar-refractivity contribution in [1.82, 2.24) is 19.9 Å². The molecule has 0 saturated heterocycles. The molecule has 2 aromatic carbocycles. The Hall–Kier alpha value is -1.98. The van der Waals surface area contributed by atoms with Crippen LogP contribution in [0.5, 0.6) is 0 Å². The number of hydrogen-bond donors (Lipinski definition) is 0. The fraction of sp³-hybridized carbons (Fsp3) is 0. The highest BCUT2D eigenvalue weighted by Crippen LogP contribution is 2.36. The largest absolute Gasteiger partial charge is 0.242 e. The predicted octanol–water partition coefficient (Wildman–Crippen LogP) is 6.18. The first kappa shape index (κ1) is 17.4. The lowest BCUT2D eigenvalue weighted by atomic mass is 10.2. The zero-order valence-electron chi connectivity index (χ0n) is 12.9. The second-order valence-electron chi connectivity index (χ2n) is 5.33. The normalized spacial score (nSPS) is 12.5. The van der Waals surface area contributed by atoms with Gasteiger partial charge in [0.2, 0.25) is 0 Å². The molecule has 0 amide bonds. The summed E-state index contributed by atoms with van der Waals surface area (Å²) in [6.07, 6.45) is 0. The number of para-hydroxylation sites is 4. The number of benzene rings is 2. The lowest BCUT2D eigenvalue weighted by Crippen LogP contribution is -1.97. The van der Waals surface area contributed by atoms with Gasteiger partial charge in [-0.05, 0) is 24.3 Å². The number of rotatable bonds is 2. The van der Waals surface area contributed by atoms with Gasteiger partial charge in [0.25, 0.3) is 0 Å². The Morgan fingerprint density at radius 3 is 1.19 bits per heavy atom. The molecule has 0 saturated carbocycles. The number of aromatic nitrogens is 4. The summed E-state index contributed by atoms with van der Waals surface area (Å²) in [5.74, 6) is 0. The van der Waals surface area contributed by atoms with Crippen LogP contribution in [-0.2, 0) is 0 Å². The molecule has 26 heavy (non-hydrogen) atoms. The second kappa shape index (κ2) is 6.97. The Bertz CT molecular complexity index is 1100. The van der Waals surface area contributed by atoms with E-state index in [1.54, 1.807) is 0 Å². The van der Waals surface area contributed by atoms with Gasteiger partial charge in [0.1, 0.15) is 11.4 Å². The first-order valence-electron chi connectivity index (χ1n) is 7.45. The van der Waals surface area contributed by atoms with Gasteiger partial charge in [0.05, 0.1) is 32.1 Å². The van der Waals surface area contributed by atoms with Crippen molar-refractivity contribution in [2.24, 2.45) is 0 Å². The second-order valence-corrected chi connectivity index (χ2v) is 6.80. The van der Waals surface area contributed by atoms with E-state index >= 15 is 0 Å². The zero-order valence-corrected chi connectivity index (χ0v) is 15.9. The first-order chi connectivity index (χ1) is 12.5. The molecule has 2 heterocycles. The zero-order chi connectivity index (χ0) is 18.3. The summed E-state index contributed by atoms with van der Waals surface area (Å²) in [4.78, 5) is 17.5.